The highest BCUT2D eigenvalue weighted by atomic mass is 35.5. The van der Waals surface area contributed by atoms with Gasteiger partial charge in [0.1, 0.15) is 0 Å². The van der Waals surface area contributed by atoms with Gasteiger partial charge in [0, 0.05) is 31.2 Å². The molecular formula is C13H17Cl3N2O2. The number of carbonyl (C=O) groups is 1. The monoisotopic (exact) mass is 338 g/mol. The molecule has 0 bridgehead atoms. The third-order valence-corrected chi connectivity index (χ3v) is 3.54. The maximum absolute atomic E-state index is 11.9. The van der Waals surface area contributed by atoms with E-state index in [1.807, 2.05) is 0 Å². The lowest BCUT2D eigenvalue weighted by Gasteiger charge is -2.26. The number of nitrogens with zero attached hydrogens (tertiary/aromatic N) is 1. The Labute approximate surface area is 134 Å². The van der Waals surface area contributed by atoms with Gasteiger partial charge in [0.15, 0.2) is 0 Å². The average molecular weight is 340 g/mol. The number of morpholine rings is 1. The molecular weight excluding hydrogens is 323 g/mol. The number of benzene rings is 1. The molecule has 0 atom stereocenters. The van der Waals surface area contributed by atoms with Crippen LogP contribution in [-0.2, 0) is 4.74 Å². The molecule has 20 heavy (non-hydrogen) atoms. The second-order valence-electron chi connectivity index (χ2n) is 4.33. The number of halogens is 3. The van der Waals surface area contributed by atoms with Crippen LogP contribution in [-0.4, -0.2) is 50.2 Å². The van der Waals surface area contributed by atoms with Gasteiger partial charge in [-0.05, 0) is 18.2 Å². The summed E-state index contributed by atoms with van der Waals surface area (Å²) in [6.45, 7) is 4.77. The maximum Gasteiger partial charge on any atom is 0.252 e. The van der Waals surface area contributed by atoms with Crippen LogP contribution in [0, 0.1) is 0 Å². The van der Waals surface area contributed by atoms with Gasteiger partial charge in [-0.25, -0.2) is 0 Å². The highest BCUT2D eigenvalue weighted by Gasteiger charge is 2.12. The van der Waals surface area contributed by atoms with E-state index in [2.05, 4.69) is 10.2 Å². The summed E-state index contributed by atoms with van der Waals surface area (Å²) < 4.78 is 5.26. The molecule has 1 saturated heterocycles. The Kier molecular flexibility index (Phi) is 7.62. The molecule has 0 saturated carbocycles. The molecule has 0 radical (unpaired) electrons. The summed E-state index contributed by atoms with van der Waals surface area (Å²) in [5, 5.41) is 3.75. The lowest BCUT2D eigenvalue weighted by Crippen LogP contribution is -2.41. The summed E-state index contributed by atoms with van der Waals surface area (Å²) in [6.07, 6.45) is 0. The smallest absolute Gasteiger partial charge is 0.252 e. The van der Waals surface area contributed by atoms with E-state index in [9.17, 15) is 4.79 Å². The quantitative estimate of drug-likeness (QED) is 0.916. The van der Waals surface area contributed by atoms with Crippen LogP contribution in [0.25, 0.3) is 0 Å². The minimum absolute atomic E-state index is 0. The van der Waals surface area contributed by atoms with Gasteiger partial charge in [0.2, 0.25) is 0 Å². The lowest BCUT2D eigenvalue weighted by molar-refractivity contribution is 0.0383. The molecule has 0 unspecified atom stereocenters. The minimum Gasteiger partial charge on any atom is -0.379 e. The van der Waals surface area contributed by atoms with E-state index < -0.39 is 0 Å². The first-order valence-electron chi connectivity index (χ1n) is 6.20. The second-order valence-corrected chi connectivity index (χ2v) is 5.18. The van der Waals surface area contributed by atoms with Gasteiger partial charge in [-0.2, -0.15) is 0 Å². The van der Waals surface area contributed by atoms with Crippen LogP contribution in [0.4, 0.5) is 0 Å². The minimum atomic E-state index is -0.171. The molecule has 1 N–H and O–H groups in total. The number of rotatable bonds is 4. The average Bonchev–Trinajstić information content (AvgIpc) is 2.39. The first-order valence-corrected chi connectivity index (χ1v) is 6.96. The Morgan fingerprint density at radius 2 is 2.00 bits per heavy atom. The van der Waals surface area contributed by atoms with Gasteiger partial charge in [-0.1, -0.05) is 23.2 Å². The standard InChI is InChI=1S/C13H16Cl2N2O2.ClH/c14-10-1-2-11(12(15)9-10)13(18)16-3-4-17-5-7-19-8-6-17;/h1-2,9H,3-8H2,(H,16,18);1H. The molecule has 1 aliphatic rings. The Hall–Kier alpha value is -0.520. The van der Waals surface area contributed by atoms with E-state index in [-0.39, 0.29) is 18.3 Å². The van der Waals surface area contributed by atoms with Crippen molar-refractivity contribution in [1.82, 2.24) is 10.2 Å². The summed E-state index contributed by atoms with van der Waals surface area (Å²) >= 11 is 11.8. The number of amides is 1. The van der Waals surface area contributed by atoms with Crippen molar-refractivity contribution in [2.45, 2.75) is 0 Å². The maximum atomic E-state index is 11.9. The summed E-state index contributed by atoms with van der Waals surface area (Å²) in [5.41, 5.74) is 0.452. The van der Waals surface area contributed by atoms with Crippen molar-refractivity contribution in [3.63, 3.8) is 0 Å². The fourth-order valence-corrected chi connectivity index (χ4v) is 2.42. The topological polar surface area (TPSA) is 41.6 Å². The fourth-order valence-electron chi connectivity index (χ4n) is 1.92. The molecule has 0 aromatic heterocycles. The van der Waals surface area contributed by atoms with Crippen molar-refractivity contribution in [1.29, 1.82) is 0 Å². The van der Waals surface area contributed by atoms with Crippen molar-refractivity contribution < 1.29 is 9.53 Å². The van der Waals surface area contributed by atoms with Crippen LogP contribution in [0.5, 0.6) is 0 Å². The van der Waals surface area contributed by atoms with E-state index in [1.165, 1.54) is 0 Å². The van der Waals surface area contributed by atoms with Crippen LogP contribution < -0.4 is 5.32 Å². The molecule has 4 nitrogen and oxygen atoms in total. The Morgan fingerprint density at radius 3 is 2.65 bits per heavy atom. The number of carbonyl (C=O) groups excluding carboxylic acids is 1. The summed E-state index contributed by atoms with van der Waals surface area (Å²) in [6, 6.07) is 4.86. The molecule has 0 aliphatic carbocycles. The third kappa shape index (κ3) is 5.11. The van der Waals surface area contributed by atoms with Gasteiger partial charge in [0.05, 0.1) is 23.8 Å². The van der Waals surface area contributed by atoms with Crippen LogP contribution in [0.3, 0.4) is 0 Å². The number of hydrogen-bond donors (Lipinski definition) is 1. The molecule has 0 spiro atoms. The van der Waals surface area contributed by atoms with Gasteiger partial charge in [-0.3, -0.25) is 9.69 Å². The van der Waals surface area contributed by atoms with Gasteiger partial charge >= 0.3 is 0 Å². The van der Waals surface area contributed by atoms with Crippen molar-refractivity contribution in [3.8, 4) is 0 Å². The Bertz CT molecular complexity index is 451. The SMILES string of the molecule is Cl.O=C(NCCN1CCOCC1)c1ccc(Cl)cc1Cl. The van der Waals surface area contributed by atoms with Crippen molar-refractivity contribution in [2.24, 2.45) is 0 Å². The van der Waals surface area contributed by atoms with E-state index in [0.29, 0.717) is 22.2 Å². The predicted molar refractivity (Wildman–Crippen MR) is 83.3 cm³/mol. The molecule has 1 aromatic rings. The first-order chi connectivity index (χ1) is 9.16. The lowest BCUT2D eigenvalue weighted by atomic mass is 10.2. The van der Waals surface area contributed by atoms with E-state index in [1.54, 1.807) is 18.2 Å². The highest BCUT2D eigenvalue weighted by Crippen LogP contribution is 2.20. The van der Waals surface area contributed by atoms with Gasteiger partial charge < -0.3 is 10.1 Å². The fraction of sp³-hybridized carbons (Fsp3) is 0.462. The zero-order chi connectivity index (χ0) is 13.7. The van der Waals surface area contributed by atoms with E-state index in [0.717, 1.165) is 32.8 Å². The molecule has 1 aromatic carbocycles. The van der Waals surface area contributed by atoms with Gasteiger partial charge in [-0.15, -0.1) is 12.4 Å². The van der Waals surface area contributed by atoms with Crippen LogP contribution >= 0.6 is 35.6 Å². The summed E-state index contributed by atoms with van der Waals surface area (Å²) in [4.78, 5) is 14.2. The molecule has 7 heteroatoms. The van der Waals surface area contributed by atoms with E-state index in [4.69, 9.17) is 27.9 Å². The van der Waals surface area contributed by atoms with Crippen molar-refractivity contribution in [2.75, 3.05) is 39.4 Å². The van der Waals surface area contributed by atoms with Crippen LogP contribution in [0.2, 0.25) is 10.0 Å². The Morgan fingerprint density at radius 1 is 1.30 bits per heavy atom. The number of hydrogen-bond acceptors (Lipinski definition) is 3. The molecule has 1 fully saturated rings. The van der Waals surface area contributed by atoms with Crippen LogP contribution in [0.15, 0.2) is 18.2 Å². The van der Waals surface area contributed by atoms with Crippen molar-refractivity contribution >= 4 is 41.5 Å². The predicted octanol–water partition coefficient (Wildman–Crippen LogP) is 2.48. The molecule has 112 valence electrons. The zero-order valence-corrected chi connectivity index (χ0v) is 13.2. The summed E-state index contributed by atoms with van der Waals surface area (Å²) in [5.74, 6) is -0.171. The first kappa shape index (κ1) is 17.5. The molecule has 1 heterocycles. The third-order valence-electron chi connectivity index (χ3n) is 2.99. The Balaban J connectivity index is 0.00000200. The van der Waals surface area contributed by atoms with Crippen LogP contribution in [0.1, 0.15) is 10.4 Å². The van der Waals surface area contributed by atoms with E-state index >= 15 is 0 Å². The molecule has 1 amide bonds. The zero-order valence-electron chi connectivity index (χ0n) is 10.9. The molecule has 2 rings (SSSR count). The number of nitrogens with one attached hydrogen (secondary N) is 1. The van der Waals surface area contributed by atoms with Crippen molar-refractivity contribution in [3.05, 3.63) is 33.8 Å². The van der Waals surface area contributed by atoms with Gasteiger partial charge in [0.25, 0.3) is 5.91 Å². The molecule has 1 aliphatic heterocycles. The second kappa shape index (κ2) is 8.70. The largest absolute Gasteiger partial charge is 0.379 e. The normalized spacial score (nSPS) is 15.5. The number of ether oxygens (including phenoxy) is 1. The highest BCUT2D eigenvalue weighted by molar-refractivity contribution is 6.36. The summed E-state index contributed by atoms with van der Waals surface area (Å²) in [7, 11) is 0.